The highest BCUT2D eigenvalue weighted by Crippen LogP contribution is 2.41. The van der Waals surface area contributed by atoms with Crippen LogP contribution in [0, 0.1) is 0 Å². The van der Waals surface area contributed by atoms with E-state index in [2.05, 4.69) is 36.9 Å². The van der Waals surface area contributed by atoms with Crippen molar-refractivity contribution in [2.45, 2.75) is 19.9 Å². The number of allylic oxidation sites excluding steroid dienone is 1. The standard InChI is InChI=1S/C27H20Br2N2O5S/c1-3-36-26(35)20-13(2)30-27-31(22(20)17-10-6-8-14-7-4-5-9-16(14)17)25(34)19(37-27)12-15-11-18(28)24(33)21(29)23(15)32/h4-12,22,32-33H,3H2,1-2H3/b19-12+/t22-/m1/s1. The van der Waals surface area contributed by atoms with E-state index in [1.165, 1.54) is 16.7 Å². The van der Waals surface area contributed by atoms with Crippen molar-refractivity contribution in [3.05, 3.63) is 99.6 Å². The van der Waals surface area contributed by atoms with Gasteiger partial charge >= 0.3 is 5.97 Å². The van der Waals surface area contributed by atoms with Crippen LogP contribution in [0.2, 0.25) is 0 Å². The molecule has 0 saturated heterocycles. The Hall–Kier alpha value is -3.21. The van der Waals surface area contributed by atoms with E-state index in [9.17, 15) is 19.8 Å². The number of halogens is 2. The van der Waals surface area contributed by atoms with E-state index in [-0.39, 0.29) is 28.1 Å². The van der Waals surface area contributed by atoms with Crippen molar-refractivity contribution in [3.8, 4) is 11.5 Å². The monoisotopic (exact) mass is 642 g/mol. The van der Waals surface area contributed by atoms with Gasteiger partial charge in [0.1, 0.15) is 16.0 Å². The molecular weight excluding hydrogens is 624 g/mol. The van der Waals surface area contributed by atoms with Gasteiger partial charge in [0.25, 0.3) is 5.56 Å². The number of phenolic OH excluding ortho intramolecular Hbond substituents is 2. The Morgan fingerprint density at radius 3 is 2.65 bits per heavy atom. The summed E-state index contributed by atoms with van der Waals surface area (Å²) in [6, 6.07) is 14.3. The van der Waals surface area contributed by atoms with Crippen LogP contribution in [0.5, 0.6) is 11.5 Å². The lowest BCUT2D eigenvalue weighted by Crippen LogP contribution is -2.40. The first-order chi connectivity index (χ1) is 17.7. The van der Waals surface area contributed by atoms with Gasteiger partial charge in [0.2, 0.25) is 0 Å². The number of rotatable bonds is 4. The van der Waals surface area contributed by atoms with Crippen LogP contribution in [-0.2, 0) is 9.53 Å². The van der Waals surface area contributed by atoms with Crippen molar-refractivity contribution in [1.29, 1.82) is 0 Å². The molecule has 0 radical (unpaired) electrons. The molecule has 7 nitrogen and oxygen atoms in total. The zero-order chi connectivity index (χ0) is 26.4. The molecule has 4 aromatic rings. The van der Waals surface area contributed by atoms with Gasteiger partial charge < -0.3 is 14.9 Å². The summed E-state index contributed by atoms with van der Waals surface area (Å²) in [6.07, 6.45) is 1.54. The fourth-order valence-electron chi connectivity index (χ4n) is 4.44. The van der Waals surface area contributed by atoms with Gasteiger partial charge in [-0.3, -0.25) is 9.36 Å². The maximum atomic E-state index is 13.9. The Bertz CT molecular complexity index is 1800. The van der Waals surface area contributed by atoms with Crippen LogP contribution in [0.25, 0.3) is 16.8 Å². The molecule has 0 aliphatic carbocycles. The lowest BCUT2D eigenvalue weighted by atomic mass is 9.91. The number of phenols is 2. The third-order valence-corrected chi connectivity index (χ3v) is 8.46. The molecule has 37 heavy (non-hydrogen) atoms. The smallest absolute Gasteiger partial charge is 0.338 e. The third kappa shape index (κ3) is 4.32. The summed E-state index contributed by atoms with van der Waals surface area (Å²) < 4.78 is 7.66. The van der Waals surface area contributed by atoms with Crippen LogP contribution >= 0.6 is 43.2 Å². The number of carbonyl (C=O) groups excluding carboxylic acids is 1. The molecule has 1 aromatic heterocycles. The molecule has 3 aromatic carbocycles. The van der Waals surface area contributed by atoms with Crippen molar-refractivity contribution >= 4 is 66.0 Å². The molecule has 0 amide bonds. The van der Waals surface area contributed by atoms with Gasteiger partial charge in [0.15, 0.2) is 4.80 Å². The van der Waals surface area contributed by atoms with Gasteiger partial charge in [-0.1, -0.05) is 53.8 Å². The number of thiazole rings is 1. The van der Waals surface area contributed by atoms with E-state index in [1.807, 2.05) is 42.5 Å². The topological polar surface area (TPSA) is 101 Å². The summed E-state index contributed by atoms with van der Waals surface area (Å²) in [5.41, 5.74) is 1.51. The van der Waals surface area contributed by atoms with Crippen LogP contribution in [0.1, 0.15) is 31.0 Å². The number of ether oxygens (including phenoxy) is 1. The lowest BCUT2D eigenvalue weighted by Gasteiger charge is -2.25. The average molecular weight is 644 g/mol. The van der Waals surface area contributed by atoms with Crippen molar-refractivity contribution in [3.63, 3.8) is 0 Å². The van der Waals surface area contributed by atoms with E-state index in [0.717, 1.165) is 27.7 Å². The Labute approximate surface area is 231 Å². The van der Waals surface area contributed by atoms with Crippen molar-refractivity contribution in [2.75, 3.05) is 6.61 Å². The second-order valence-electron chi connectivity index (χ2n) is 8.33. The Morgan fingerprint density at radius 2 is 1.89 bits per heavy atom. The third-order valence-electron chi connectivity index (χ3n) is 6.12. The van der Waals surface area contributed by atoms with Crippen LogP contribution in [-0.4, -0.2) is 27.4 Å². The zero-order valence-corrected chi connectivity index (χ0v) is 23.6. The highest BCUT2D eigenvalue weighted by atomic mass is 79.9. The Morgan fingerprint density at radius 1 is 1.16 bits per heavy atom. The van der Waals surface area contributed by atoms with Crippen LogP contribution < -0.4 is 14.9 Å². The molecule has 0 bridgehead atoms. The number of aromatic nitrogens is 1. The molecular formula is C27H20Br2N2O5S. The quantitative estimate of drug-likeness (QED) is 0.309. The van der Waals surface area contributed by atoms with Crippen LogP contribution in [0.3, 0.4) is 0 Å². The number of hydrogen-bond donors (Lipinski definition) is 2. The predicted molar refractivity (Wildman–Crippen MR) is 150 cm³/mol. The molecule has 188 valence electrons. The second-order valence-corrected chi connectivity index (χ2v) is 11.0. The second kappa shape index (κ2) is 9.92. The first-order valence-corrected chi connectivity index (χ1v) is 13.7. The molecule has 5 rings (SSSR count). The van der Waals surface area contributed by atoms with Gasteiger partial charge in [0, 0.05) is 5.56 Å². The predicted octanol–water partition coefficient (Wildman–Crippen LogP) is 4.89. The Balaban J connectivity index is 1.81. The Kier molecular flexibility index (Phi) is 6.82. The van der Waals surface area contributed by atoms with Crippen molar-refractivity contribution in [1.82, 2.24) is 4.57 Å². The van der Waals surface area contributed by atoms with Gasteiger partial charge in [-0.2, -0.15) is 0 Å². The molecule has 0 saturated carbocycles. The summed E-state index contributed by atoms with van der Waals surface area (Å²) in [7, 11) is 0. The van der Waals surface area contributed by atoms with E-state index in [1.54, 1.807) is 13.8 Å². The average Bonchev–Trinajstić information content (AvgIpc) is 3.19. The summed E-state index contributed by atoms with van der Waals surface area (Å²) in [6.45, 7) is 3.66. The number of carbonyl (C=O) groups is 1. The molecule has 1 aliphatic rings. The van der Waals surface area contributed by atoms with Gasteiger partial charge in [-0.05, 0) is 74.2 Å². The van der Waals surface area contributed by atoms with Gasteiger partial charge in [-0.15, -0.1) is 0 Å². The molecule has 0 spiro atoms. The van der Waals surface area contributed by atoms with Crippen LogP contribution in [0.15, 0.2) is 78.5 Å². The summed E-state index contributed by atoms with van der Waals surface area (Å²) >= 11 is 7.59. The van der Waals surface area contributed by atoms with Crippen LogP contribution in [0.4, 0.5) is 0 Å². The lowest BCUT2D eigenvalue weighted by molar-refractivity contribution is -0.139. The largest absolute Gasteiger partial charge is 0.506 e. The molecule has 2 N–H and O–H groups in total. The molecule has 1 atom stereocenters. The van der Waals surface area contributed by atoms with Gasteiger partial charge in [-0.25, -0.2) is 9.79 Å². The maximum Gasteiger partial charge on any atom is 0.338 e. The van der Waals surface area contributed by atoms with Gasteiger partial charge in [0.05, 0.1) is 32.9 Å². The van der Waals surface area contributed by atoms with E-state index in [0.29, 0.717) is 30.6 Å². The SMILES string of the molecule is CCOC(=O)C1=C(C)N=c2s/c(=C/c3cc(Br)c(O)c(Br)c3O)c(=O)n2[C@@H]1c1cccc2ccccc12. The minimum Gasteiger partial charge on any atom is -0.506 e. The number of fused-ring (bicyclic) bond motifs is 2. The molecule has 1 aliphatic heterocycles. The normalized spacial score (nSPS) is 15.6. The highest BCUT2D eigenvalue weighted by Gasteiger charge is 2.34. The first kappa shape index (κ1) is 25.4. The molecule has 0 unspecified atom stereocenters. The zero-order valence-electron chi connectivity index (χ0n) is 19.7. The number of esters is 1. The fourth-order valence-corrected chi connectivity index (χ4v) is 6.63. The summed E-state index contributed by atoms with van der Waals surface area (Å²) in [5, 5.41) is 22.5. The number of nitrogens with zero attached hydrogens (tertiary/aromatic N) is 2. The summed E-state index contributed by atoms with van der Waals surface area (Å²) in [5.74, 6) is -0.887. The van der Waals surface area contributed by atoms with E-state index < -0.39 is 12.0 Å². The molecule has 10 heteroatoms. The minimum absolute atomic E-state index is 0.106. The summed E-state index contributed by atoms with van der Waals surface area (Å²) in [4.78, 5) is 32.1. The number of benzene rings is 3. The maximum absolute atomic E-state index is 13.9. The number of hydrogen-bond acceptors (Lipinski definition) is 7. The van der Waals surface area contributed by atoms with Crippen molar-refractivity contribution < 1.29 is 19.7 Å². The highest BCUT2D eigenvalue weighted by molar-refractivity contribution is 9.11. The number of aromatic hydroxyl groups is 2. The van der Waals surface area contributed by atoms with E-state index >= 15 is 0 Å². The van der Waals surface area contributed by atoms with E-state index in [4.69, 9.17) is 4.74 Å². The molecule has 0 fully saturated rings. The first-order valence-electron chi connectivity index (χ1n) is 11.3. The minimum atomic E-state index is -0.754. The fraction of sp³-hybridized carbons (Fsp3) is 0.148. The molecule has 2 heterocycles. The van der Waals surface area contributed by atoms with Crippen molar-refractivity contribution in [2.24, 2.45) is 4.99 Å².